The second-order valence-corrected chi connectivity index (χ2v) is 8.27. The van der Waals surface area contributed by atoms with Crippen LogP contribution in [0.15, 0.2) is 0 Å². The fraction of sp³-hybridized carbons (Fsp3) is 0.824. The van der Waals surface area contributed by atoms with E-state index in [2.05, 4.69) is 37.9 Å². The smallest absolute Gasteiger partial charge is 0.107 e. The van der Waals surface area contributed by atoms with Crippen LogP contribution in [0.5, 0.6) is 0 Å². The Kier molecular flexibility index (Phi) is 4.67. The highest BCUT2D eigenvalue weighted by molar-refractivity contribution is 7.11. The number of nitrogens with one attached hydrogen (secondary N) is 1. The Labute approximate surface area is 133 Å². The molecule has 3 rings (SSSR count). The summed E-state index contributed by atoms with van der Waals surface area (Å²) in [6.45, 7) is 12.4. The van der Waals surface area contributed by atoms with Gasteiger partial charge in [0.2, 0.25) is 0 Å². The first-order chi connectivity index (χ1) is 10.1. The molecule has 1 aromatic heterocycles. The molecule has 4 heteroatoms. The van der Waals surface area contributed by atoms with Gasteiger partial charge in [-0.15, -0.1) is 11.3 Å². The Morgan fingerprint density at radius 1 is 1.38 bits per heavy atom. The maximum Gasteiger partial charge on any atom is 0.107 e. The van der Waals surface area contributed by atoms with Gasteiger partial charge in [-0.05, 0) is 38.5 Å². The molecule has 0 aromatic carbocycles. The Hall–Kier alpha value is -0.450. The number of rotatable bonds is 5. The molecule has 1 aliphatic heterocycles. The number of hydrogen-bond donors (Lipinski definition) is 1. The van der Waals surface area contributed by atoms with E-state index in [0.717, 1.165) is 24.9 Å². The molecular weight excluding hydrogens is 278 g/mol. The summed E-state index contributed by atoms with van der Waals surface area (Å²) >= 11 is 1.88. The first kappa shape index (κ1) is 15.4. The van der Waals surface area contributed by atoms with E-state index in [-0.39, 0.29) is 0 Å². The Morgan fingerprint density at radius 2 is 2.14 bits per heavy atom. The molecule has 3 atom stereocenters. The summed E-state index contributed by atoms with van der Waals surface area (Å²) in [6, 6.07) is 1.38. The first-order valence-electron chi connectivity index (χ1n) is 8.48. The van der Waals surface area contributed by atoms with Gasteiger partial charge in [0, 0.05) is 30.1 Å². The fourth-order valence-electron chi connectivity index (χ4n) is 3.46. The van der Waals surface area contributed by atoms with Crippen LogP contribution in [0.2, 0.25) is 0 Å². The normalized spacial score (nSPS) is 28.8. The van der Waals surface area contributed by atoms with Crippen molar-refractivity contribution in [3.63, 3.8) is 0 Å². The van der Waals surface area contributed by atoms with Crippen molar-refractivity contribution in [2.75, 3.05) is 13.1 Å². The van der Waals surface area contributed by atoms with Crippen LogP contribution >= 0.6 is 11.3 Å². The number of thiazole rings is 1. The van der Waals surface area contributed by atoms with E-state index in [1.165, 1.54) is 41.4 Å². The largest absolute Gasteiger partial charge is 0.311 e. The van der Waals surface area contributed by atoms with Gasteiger partial charge >= 0.3 is 0 Å². The maximum absolute atomic E-state index is 4.77. The van der Waals surface area contributed by atoms with Crippen molar-refractivity contribution in [3.05, 3.63) is 15.6 Å². The number of aryl methyl sites for hydroxylation is 2. The maximum atomic E-state index is 4.77. The van der Waals surface area contributed by atoms with Gasteiger partial charge in [-0.3, -0.25) is 4.90 Å². The summed E-state index contributed by atoms with van der Waals surface area (Å²) in [5.74, 6) is 1.69. The molecule has 21 heavy (non-hydrogen) atoms. The number of aromatic nitrogens is 1. The van der Waals surface area contributed by atoms with E-state index in [1.807, 2.05) is 11.3 Å². The Bertz CT molecular complexity index is 461. The number of nitrogens with zero attached hydrogens (tertiary/aromatic N) is 2. The minimum absolute atomic E-state index is 0.662. The molecule has 3 unspecified atom stereocenters. The minimum Gasteiger partial charge on any atom is -0.311 e. The van der Waals surface area contributed by atoms with Gasteiger partial charge in [-0.2, -0.15) is 0 Å². The zero-order valence-electron chi connectivity index (χ0n) is 13.9. The molecule has 1 aromatic rings. The van der Waals surface area contributed by atoms with Crippen molar-refractivity contribution in [2.45, 2.75) is 65.6 Å². The van der Waals surface area contributed by atoms with Crippen molar-refractivity contribution < 1.29 is 0 Å². The topological polar surface area (TPSA) is 28.2 Å². The lowest BCUT2D eigenvalue weighted by Gasteiger charge is -2.43. The molecule has 1 saturated heterocycles. The van der Waals surface area contributed by atoms with Crippen LogP contribution < -0.4 is 5.32 Å². The monoisotopic (exact) mass is 307 g/mol. The van der Waals surface area contributed by atoms with Crippen LogP contribution in [0.25, 0.3) is 0 Å². The van der Waals surface area contributed by atoms with E-state index in [9.17, 15) is 0 Å². The van der Waals surface area contributed by atoms with E-state index in [0.29, 0.717) is 12.1 Å². The van der Waals surface area contributed by atoms with Gasteiger partial charge in [0.1, 0.15) is 5.01 Å². The predicted octanol–water partition coefficient (Wildman–Crippen LogP) is 3.36. The first-order valence-corrected chi connectivity index (χ1v) is 9.30. The summed E-state index contributed by atoms with van der Waals surface area (Å²) in [6.07, 6.45) is 4.11. The van der Waals surface area contributed by atoms with Gasteiger partial charge < -0.3 is 5.32 Å². The fourth-order valence-corrected chi connectivity index (χ4v) is 4.42. The second kappa shape index (κ2) is 6.35. The average molecular weight is 308 g/mol. The Balaban J connectivity index is 1.72. The van der Waals surface area contributed by atoms with Gasteiger partial charge in [0.05, 0.1) is 12.2 Å². The van der Waals surface area contributed by atoms with E-state index < -0.39 is 0 Å². The molecule has 0 bridgehead atoms. The molecule has 1 aliphatic carbocycles. The third kappa shape index (κ3) is 3.49. The SMILES string of the molecule is CCC(C)C1CNC(C2CC2)CN1Cc1nc(C)c(C)s1. The van der Waals surface area contributed by atoms with Crippen molar-refractivity contribution in [1.82, 2.24) is 15.2 Å². The predicted molar refractivity (Wildman–Crippen MR) is 89.8 cm³/mol. The minimum atomic E-state index is 0.662. The van der Waals surface area contributed by atoms with Gasteiger partial charge in [0.25, 0.3) is 0 Å². The van der Waals surface area contributed by atoms with Crippen molar-refractivity contribution >= 4 is 11.3 Å². The van der Waals surface area contributed by atoms with Gasteiger partial charge in [-0.25, -0.2) is 4.98 Å². The molecule has 1 N–H and O–H groups in total. The molecule has 0 amide bonds. The number of hydrogen-bond acceptors (Lipinski definition) is 4. The summed E-state index contributed by atoms with van der Waals surface area (Å²) in [5, 5.41) is 5.12. The molecule has 2 fully saturated rings. The summed E-state index contributed by atoms with van der Waals surface area (Å²) in [7, 11) is 0. The molecule has 0 spiro atoms. The standard InChI is InChI=1S/C17H29N3S/c1-5-11(2)16-8-18-15(14-6-7-14)9-20(16)10-17-19-12(3)13(4)21-17/h11,14-16,18H,5-10H2,1-4H3. The molecule has 2 aliphatic rings. The lowest BCUT2D eigenvalue weighted by atomic mass is 9.93. The van der Waals surface area contributed by atoms with Crippen molar-refractivity contribution in [3.8, 4) is 0 Å². The van der Waals surface area contributed by atoms with Gasteiger partial charge in [-0.1, -0.05) is 20.3 Å². The average Bonchev–Trinajstić information content (AvgIpc) is 3.26. The second-order valence-electron chi connectivity index (χ2n) is 6.98. The van der Waals surface area contributed by atoms with Crippen LogP contribution in [0.1, 0.15) is 48.7 Å². The van der Waals surface area contributed by atoms with Crippen LogP contribution in [-0.4, -0.2) is 35.1 Å². The van der Waals surface area contributed by atoms with Crippen LogP contribution in [0, 0.1) is 25.7 Å². The summed E-state index contributed by atoms with van der Waals surface area (Å²) in [4.78, 5) is 8.85. The third-order valence-electron chi connectivity index (χ3n) is 5.39. The van der Waals surface area contributed by atoms with Crippen LogP contribution in [-0.2, 0) is 6.54 Å². The van der Waals surface area contributed by atoms with Crippen molar-refractivity contribution in [1.29, 1.82) is 0 Å². The molecule has 0 radical (unpaired) electrons. The lowest BCUT2D eigenvalue weighted by molar-refractivity contribution is 0.0786. The molecule has 1 saturated carbocycles. The quantitative estimate of drug-likeness (QED) is 0.904. The molecule has 2 heterocycles. The zero-order valence-corrected chi connectivity index (χ0v) is 14.7. The summed E-state index contributed by atoms with van der Waals surface area (Å²) < 4.78 is 0. The van der Waals surface area contributed by atoms with E-state index in [1.54, 1.807) is 0 Å². The molecule has 3 nitrogen and oxygen atoms in total. The number of piperazine rings is 1. The highest BCUT2D eigenvalue weighted by atomic mass is 32.1. The third-order valence-corrected chi connectivity index (χ3v) is 6.45. The zero-order chi connectivity index (χ0) is 15.0. The van der Waals surface area contributed by atoms with E-state index >= 15 is 0 Å². The molecule has 118 valence electrons. The highest BCUT2D eigenvalue weighted by Crippen LogP contribution is 2.35. The summed E-state index contributed by atoms with van der Waals surface area (Å²) in [5.41, 5.74) is 1.21. The van der Waals surface area contributed by atoms with Crippen LogP contribution in [0.3, 0.4) is 0 Å². The van der Waals surface area contributed by atoms with E-state index in [4.69, 9.17) is 4.98 Å². The highest BCUT2D eigenvalue weighted by Gasteiger charge is 2.38. The molecular formula is C17H29N3S. The lowest BCUT2D eigenvalue weighted by Crippen LogP contribution is -2.58. The van der Waals surface area contributed by atoms with Crippen molar-refractivity contribution in [2.24, 2.45) is 11.8 Å². The van der Waals surface area contributed by atoms with Crippen LogP contribution in [0.4, 0.5) is 0 Å². The Morgan fingerprint density at radius 3 is 2.71 bits per heavy atom. The van der Waals surface area contributed by atoms with Gasteiger partial charge in [0.15, 0.2) is 0 Å².